The molecule has 138 valence electrons. The maximum atomic E-state index is 12.8. The van der Waals surface area contributed by atoms with Crippen LogP contribution in [0, 0.1) is 5.82 Å². The highest BCUT2D eigenvalue weighted by Gasteiger charge is 2.32. The summed E-state index contributed by atoms with van der Waals surface area (Å²) in [7, 11) is 0. The van der Waals surface area contributed by atoms with E-state index in [1.165, 1.54) is 24.3 Å². The highest BCUT2D eigenvalue weighted by atomic mass is 19.1. The van der Waals surface area contributed by atoms with Gasteiger partial charge in [-0.25, -0.2) is 14.4 Å². The van der Waals surface area contributed by atoms with Gasteiger partial charge in [0.15, 0.2) is 12.4 Å². The van der Waals surface area contributed by atoms with Gasteiger partial charge in [-0.1, -0.05) is 0 Å². The number of hydrogen-bond donors (Lipinski definition) is 1. The molecule has 0 aliphatic carbocycles. The number of aromatic nitrogens is 2. The predicted molar refractivity (Wildman–Crippen MR) is 92.9 cm³/mol. The Morgan fingerprint density at radius 3 is 2.65 bits per heavy atom. The SMILES string of the molecule is CC1(c2ncc(CNC(=O)COc3ccc(F)cc3)cn2)CCCCO1. The van der Waals surface area contributed by atoms with E-state index in [1.807, 2.05) is 6.92 Å². The van der Waals surface area contributed by atoms with E-state index in [2.05, 4.69) is 15.3 Å². The van der Waals surface area contributed by atoms with E-state index in [1.54, 1.807) is 12.4 Å². The number of halogens is 1. The normalized spacial score (nSPS) is 19.8. The van der Waals surface area contributed by atoms with Crippen molar-refractivity contribution in [1.82, 2.24) is 15.3 Å². The first kappa shape index (κ1) is 18.3. The Bertz CT molecular complexity index is 729. The van der Waals surface area contributed by atoms with Gasteiger partial charge < -0.3 is 14.8 Å². The molecule has 1 aromatic heterocycles. The minimum absolute atomic E-state index is 0.142. The third-order valence-electron chi connectivity index (χ3n) is 4.32. The molecule has 1 amide bonds. The van der Waals surface area contributed by atoms with Crippen molar-refractivity contribution in [1.29, 1.82) is 0 Å². The molecule has 7 heteroatoms. The second kappa shape index (κ2) is 8.23. The van der Waals surface area contributed by atoms with Crippen molar-refractivity contribution in [3.05, 3.63) is 53.9 Å². The summed E-state index contributed by atoms with van der Waals surface area (Å²) < 4.78 is 23.9. The summed E-state index contributed by atoms with van der Waals surface area (Å²) in [5.41, 5.74) is 0.367. The number of amides is 1. The molecule has 2 aromatic rings. The van der Waals surface area contributed by atoms with Crippen LogP contribution in [0.15, 0.2) is 36.7 Å². The van der Waals surface area contributed by atoms with Gasteiger partial charge in [-0.2, -0.15) is 0 Å². The largest absolute Gasteiger partial charge is 0.484 e. The highest BCUT2D eigenvalue weighted by Crippen LogP contribution is 2.32. The molecule has 1 unspecified atom stereocenters. The lowest BCUT2D eigenvalue weighted by Gasteiger charge is -2.32. The zero-order valence-corrected chi connectivity index (χ0v) is 14.7. The van der Waals surface area contributed by atoms with Crippen molar-refractivity contribution >= 4 is 5.91 Å². The lowest BCUT2D eigenvalue weighted by Crippen LogP contribution is -2.32. The van der Waals surface area contributed by atoms with Crippen molar-refractivity contribution in [3.63, 3.8) is 0 Å². The van der Waals surface area contributed by atoms with Crippen LogP contribution in [0.5, 0.6) is 5.75 Å². The highest BCUT2D eigenvalue weighted by molar-refractivity contribution is 5.77. The van der Waals surface area contributed by atoms with E-state index in [0.29, 0.717) is 18.1 Å². The monoisotopic (exact) mass is 359 g/mol. The Morgan fingerprint density at radius 1 is 1.27 bits per heavy atom. The molecule has 1 N–H and O–H groups in total. The smallest absolute Gasteiger partial charge is 0.258 e. The first-order chi connectivity index (χ1) is 12.5. The molecule has 0 bridgehead atoms. The molecule has 0 spiro atoms. The quantitative estimate of drug-likeness (QED) is 0.858. The summed E-state index contributed by atoms with van der Waals surface area (Å²) in [6.45, 7) is 2.90. The molecule has 1 aliphatic heterocycles. The zero-order valence-electron chi connectivity index (χ0n) is 14.7. The third-order valence-corrected chi connectivity index (χ3v) is 4.32. The fourth-order valence-corrected chi connectivity index (χ4v) is 2.76. The maximum absolute atomic E-state index is 12.8. The summed E-state index contributed by atoms with van der Waals surface area (Å²) in [5, 5.41) is 2.74. The van der Waals surface area contributed by atoms with Gasteiger partial charge in [-0.3, -0.25) is 4.79 Å². The van der Waals surface area contributed by atoms with Crippen LogP contribution in [-0.4, -0.2) is 29.1 Å². The van der Waals surface area contributed by atoms with Gasteiger partial charge in [0.25, 0.3) is 5.91 Å². The number of hydrogen-bond acceptors (Lipinski definition) is 5. The van der Waals surface area contributed by atoms with Crippen molar-refractivity contribution in [2.45, 2.75) is 38.3 Å². The second-order valence-corrected chi connectivity index (χ2v) is 6.47. The van der Waals surface area contributed by atoms with Gasteiger partial charge in [0.1, 0.15) is 17.2 Å². The molecule has 26 heavy (non-hydrogen) atoms. The lowest BCUT2D eigenvalue weighted by atomic mass is 9.95. The average Bonchev–Trinajstić information content (AvgIpc) is 2.67. The minimum atomic E-state index is -0.428. The molecule has 2 heterocycles. The number of ether oxygens (including phenoxy) is 2. The van der Waals surface area contributed by atoms with Crippen LogP contribution >= 0.6 is 0 Å². The number of nitrogens with one attached hydrogen (secondary N) is 1. The molecule has 1 aliphatic rings. The van der Waals surface area contributed by atoms with Crippen LogP contribution in [-0.2, 0) is 21.7 Å². The summed E-state index contributed by atoms with van der Waals surface area (Å²) in [6, 6.07) is 5.51. The number of carbonyl (C=O) groups excluding carboxylic acids is 1. The van der Waals surface area contributed by atoms with E-state index in [4.69, 9.17) is 9.47 Å². The lowest BCUT2D eigenvalue weighted by molar-refractivity contribution is -0.123. The fraction of sp³-hybridized carbons (Fsp3) is 0.421. The molecule has 1 aromatic carbocycles. The Labute approximate surface area is 151 Å². The van der Waals surface area contributed by atoms with E-state index in [9.17, 15) is 9.18 Å². The Morgan fingerprint density at radius 2 is 2.00 bits per heavy atom. The van der Waals surface area contributed by atoms with Crippen LogP contribution in [0.1, 0.15) is 37.6 Å². The van der Waals surface area contributed by atoms with Crippen molar-refractivity contribution in [2.75, 3.05) is 13.2 Å². The average molecular weight is 359 g/mol. The minimum Gasteiger partial charge on any atom is -0.484 e. The maximum Gasteiger partial charge on any atom is 0.258 e. The van der Waals surface area contributed by atoms with Gasteiger partial charge in [-0.15, -0.1) is 0 Å². The molecule has 1 saturated heterocycles. The Kier molecular flexibility index (Phi) is 5.78. The van der Waals surface area contributed by atoms with E-state index < -0.39 is 5.60 Å². The van der Waals surface area contributed by atoms with Gasteiger partial charge in [0.2, 0.25) is 0 Å². The fourth-order valence-electron chi connectivity index (χ4n) is 2.76. The van der Waals surface area contributed by atoms with Crippen LogP contribution in [0.4, 0.5) is 4.39 Å². The van der Waals surface area contributed by atoms with Crippen LogP contribution in [0.2, 0.25) is 0 Å². The molecule has 1 fully saturated rings. The molecule has 1 atom stereocenters. The van der Waals surface area contributed by atoms with Gasteiger partial charge in [0.05, 0.1) is 0 Å². The molecular formula is C19H22FN3O3. The summed E-state index contributed by atoms with van der Waals surface area (Å²) in [5.74, 6) is 0.487. The molecule has 6 nitrogen and oxygen atoms in total. The second-order valence-electron chi connectivity index (χ2n) is 6.47. The van der Waals surface area contributed by atoms with Crippen molar-refractivity contribution in [3.8, 4) is 5.75 Å². The number of benzene rings is 1. The first-order valence-electron chi connectivity index (χ1n) is 8.66. The number of rotatable bonds is 6. The Hall–Kier alpha value is -2.54. The summed E-state index contributed by atoms with van der Waals surface area (Å²) >= 11 is 0. The van der Waals surface area contributed by atoms with Gasteiger partial charge >= 0.3 is 0 Å². The first-order valence-corrected chi connectivity index (χ1v) is 8.66. The van der Waals surface area contributed by atoms with E-state index >= 15 is 0 Å². The summed E-state index contributed by atoms with van der Waals surface area (Å²) in [6.07, 6.45) is 6.48. The number of carbonyl (C=O) groups is 1. The number of nitrogens with zero attached hydrogens (tertiary/aromatic N) is 2. The predicted octanol–water partition coefficient (Wildman–Crippen LogP) is 2.73. The molecule has 3 rings (SSSR count). The van der Waals surface area contributed by atoms with E-state index in [-0.39, 0.29) is 18.3 Å². The molecular weight excluding hydrogens is 337 g/mol. The van der Waals surface area contributed by atoms with Crippen LogP contribution < -0.4 is 10.1 Å². The third kappa shape index (κ3) is 4.76. The molecule has 0 saturated carbocycles. The standard InChI is InChI=1S/C19H22FN3O3/c1-19(8-2-3-9-26-19)18-22-11-14(12-23-18)10-21-17(24)13-25-16-6-4-15(20)5-7-16/h4-7,11-12H,2-3,8-10,13H2,1H3,(H,21,24). The summed E-state index contributed by atoms with van der Waals surface area (Å²) in [4.78, 5) is 20.7. The zero-order chi connectivity index (χ0) is 18.4. The van der Waals surface area contributed by atoms with Crippen LogP contribution in [0.25, 0.3) is 0 Å². The molecule has 0 radical (unpaired) electrons. The van der Waals surface area contributed by atoms with Crippen molar-refractivity contribution < 1.29 is 18.7 Å². The van der Waals surface area contributed by atoms with E-state index in [0.717, 1.165) is 31.4 Å². The van der Waals surface area contributed by atoms with Gasteiger partial charge in [-0.05, 0) is 50.5 Å². The van der Waals surface area contributed by atoms with Crippen LogP contribution in [0.3, 0.4) is 0 Å². The van der Waals surface area contributed by atoms with Gasteiger partial charge in [0, 0.05) is 31.1 Å². The van der Waals surface area contributed by atoms with Crippen molar-refractivity contribution in [2.24, 2.45) is 0 Å². The topological polar surface area (TPSA) is 73.3 Å². The Balaban J connectivity index is 1.46.